The van der Waals surface area contributed by atoms with Gasteiger partial charge in [-0.3, -0.25) is 0 Å². The molecule has 1 saturated carbocycles. The molecule has 1 rings (SSSR count). The zero-order valence-electron chi connectivity index (χ0n) is 8.98. The van der Waals surface area contributed by atoms with Gasteiger partial charge in [0.15, 0.2) is 0 Å². The van der Waals surface area contributed by atoms with Crippen LogP contribution in [-0.4, -0.2) is 17.5 Å². The summed E-state index contributed by atoms with van der Waals surface area (Å²) in [5.74, 6) is 0. The van der Waals surface area contributed by atoms with Crippen molar-refractivity contribution in [3.05, 3.63) is 0 Å². The number of hydrogen-bond donors (Lipinski definition) is 0. The zero-order chi connectivity index (χ0) is 9.90. The fraction of sp³-hybridized carbons (Fsp3) is 1.00. The van der Waals surface area contributed by atoms with Crippen molar-refractivity contribution >= 4 is 15.9 Å². The van der Waals surface area contributed by atoms with Gasteiger partial charge in [-0.15, -0.1) is 0 Å². The predicted octanol–water partition coefficient (Wildman–Crippen LogP) is 3.76. The van der Waals surface area contributed by atoms with E-state index in [2.05, 4.69) is 36.7 Å². The van der Waals surface area contributed by atoms with Crippen molar-refractivity contribution < 1.29 is 4.74 Å². The fourth-order valence-electron chi connectivity index (χ4n) is 1.70. The molecule has 0 spiro atoms. The van der Waals surface area contributed by atoms with E-state index in [-0.39, 0.29) is 0 Å². The van der Waals surface area contributed by atoms with Gasteiger partial charge in [0, 0.05) is 16.8 Å². The molecular formula is C11H21BrO. The van der Waals surface area contributed by atoms with E-state index in [1.807, 2.05) is 0 Å². The van der Waals surface area contributed by atoms with Gasteiger partial charge in [0.1, 0.15) is 0 Å². The molecule has 0 heterocycles. The van der Waals surface area contributed by atoms with Gasteiger partial charge in [0.2, 0.25) is 0 Å². The minimum atomic E-state index is 0.339. The van der Waals surface area contributed by atoms with E-state index in [0.29, 0.717) is 16.3 Å². The van der Waals surface area contributed by atoms with Gasteiger partial charge in [0.05, 0.1) is 6.10 Å². The number of ether oxygens (including phenoxy) is 1. The summed E-state index contributed by atoms with van der Waals surface area (Å²) in [6.07, 6.45) is 5.45. The van der Waals surface area contributed by atoms with Crippen LogP contribution in [0.4, 0.5) is 0 Å². The SMILES string of the molecule is CCCCCOC1CC(Br)C1(C)C. The molecule has 2 atom stereocenters. The Morgan fingerprint density at radius 1 is 1.38 bits per heavy atom. The third-order valence-corrected chi connectivity index (χ3v) is 4.68. The molecule has 13 heavy (non-hydrogen) atoms. The number of alkyl halides is 1. The molecular weight excluding hydrogens is 228 g/mol. The smallest absolute Gasteiger partial charge is 0.0647 e. The quantitative estimate of drug-likeness (QED) is 0.532. The van der Waals surface area contributed by atoms with Crippen molar-refractivity contribution in [1.29, 1.82) is 0 Å². The van der Waals surface area contributed by atoms with Gasteiger partial charge in [-0.25, -0.2) is 0 Å². The monoisotopic (exact) mass is 248 g/mol. The Labute approximate surface area is 90.4 Å². The number of rotatable bonds is 5. The molecule has 78 valence electrons. The highest BCUT2D eigenvalue weighted by molar-refractivity contribution is 9.09. The Kier molecular flexibility index (Phi) is 4.24. The van der Waals surface area contributed by atoms with Crippen molar-refractivity contribution in [2.75, 3.05) is 6.61 Å². The van der Waals surface area contributed by atoms with Gasteiger partial charge in [-0.1, -0.05) is 49.5 Å². The highest BCUT2D eigenvalue weighted by Gasteiger charge is 2.47. The Bertz CT molecular complexity index is 156. The average Bonchev–Trinajstić information content (AvgIpc) is 2.10. The summed E-state index contributed by atoms with van der Waals surface area (Å²) in [7, 11) is 0. The van der Waals surface area contributed by atoms with E-state index < -0.39 is 0 Å². The van der Waals surface area contributed by atoms with Crippen LogP contribution >= 0.6 is 15.9 Å². The topological polar surface area (TPSA) is 9.23 Å². The molecule has 1 aliphatic carbocycles. The Morgan fingerprint density at radius 2 is 2.08 bits per heavy atom. The summed E-state index contributed by atoms with van der Waals surface area (Å²) in [5, 5.41) is 0. The molecule has 0 N–H and O–H groups in total. The minimum Gasteiger partial charge on any atom is -0.378 e. The van der Waals surface area contributed by atoms with Gasteiger partial charge < -0.3 is 4.74 Å². The molecule has 2 heteroatoms. The van der Waals surface area contributed by atoms with Gasteiger partial charge in [-0.05, 0) is 12.8 Å². The number of hydrogen-bond acceptors (Lipinski definition) is 1. The molecule has 0 bridgehead atoms. The lowest BCUT2D eigenvalue weighted by Crippen LogP contribution is -2.51. The third-order valence-electron chi connectivity index (χ3n) is 3.13. The van der Waals surface area contributed by atoms with E-state index >= 15 is 0 Å². The van der Waals surface area contributed by atoms with Gasteiger partial charge in [0.25, 0.3) is 0 Å². The molecule has 0 aromatic heterocycles. The molecule has 0 saturated heterocycles. The first-order valence-corrected chi connectivity index (χ1v) is 6.26. The maximum Gasteiger partial charge on any atom is 0.0647 e. The van der Waals surface area contributed by atoms with Crippen molar-refractivity contribution in [2.45, 2.75) is 57.4 Å². The van der Waals surface area contributed by atoms with Crippen LogP contribution in [0.3, 0.4) is 0 Å². The summed E-state index contributed by atoms with van der Waals surface area (Å²) >= 11 is 3.66. The molecule has 1 aliphatic rings. The van der Waals surface area contributed by atoms with Crippen LogP contribution in [0.5, 0.6) is 0 Å². The Hall–Kier alpha value is 0.440. The normalized spacial score (nSPS) is 31.4. The maximum atomic E-state index is 5.84. The molecule has 0 aromatic carbocycles. The maximum absolute atomic E-state index is 5.84. The van der Waals surface area contributed by atoms with Crippen molar-refractivity contribution in [1.82, 2.24) is 0 Å². The van der Waals surface area contributed by atoms with Gasteiger partial charge >= 0.3 is 0 Å². The molecule has 0 aliphatic heterocycles. The van der Waals surface area contributed by atoms with Crippen LogP contribution in [-0.2, 0) is 4.74 Å². The molecule has 1 nitrogen and oxygen atoms in total. The first kappa shape index (κ1) is 11.5. The van der Waals surface area contributed by atoms with E-state index in [9.17, 15) is 0 Å². The van der Waals surface area contributed by atoms with Crippen LogP contribution in [0.1, 0.15) is 46.5 Å². The van der Waals surface area contributed by atoms with Crippen LogP contribution in [0.15, 0.2) is 0 Å². The summed E-state index contributed by atoms with van der Waals surface area (Å²) in [5.41, 5.74) is 0.339. The van der Waals surface area contributed by atoms with Crippen LogP contribution in [0, 0.1) is 5.41 Å². The van der Waals surface area contributed by atoms with Crippen molar-refractivity contribution in [3.8, 4) is 0 Å². The average molecular weight is 249 g/mol. The van der Waals surface area contributed by atoms with Crippen molar-refractivity contribution in [2.24, 2.45) is 5.41 Å². The number of halogens is 1. The standard InChI is InChI=1S/C11H21BrO/c1-4-5-6-7-13-10-8-9(12)11(10,2)3/h9-10H,4-8H2,1-3H3. The van der Waals surface area contributed by atoms with Crippen LogP contribution in [0.2, 0.25) is 0 Å². The van der Waals surface area contributed by atoms with Crippen molar-refractivity contribution in [3.63, 3.8) is 0 Å². The summed E-state index contributed by atoms with van der Waals surface area (Å²) in [4.78, 5) is 0.649. The number of unbranched alkanes of at least 4 members (excludes halogenated alkanes) is 2. The summed E-state index contributed by atoms with van der Waals surface area (Å²) in [6, 6.07) is 0. The lowest BCUT2D eigenvalue weighted by molar-refractivity contribution is -0.0856. The Morgan fingerprint density at radius 3 is 2.54 bits per heavy atom. The van der Waals surface area contributed by atoms with Gasteiger partial charge in [-0.2, -0.15) is 0 Å². The van der Waals surface area contributed by atoms with E-state index in [1.54, 1.807) is 0 Å². The van der Waals surface area contributed by atoms with Crippen LogP contribution in [0.25, 0.3) is 0 Å². The minimum absolute atomic E-state index is 0.339. The molecule has 0 radical (unpaired) electrons. The van der Waals surface area contributed by atoms with E-state index in [1.165, 1.54) is 25.7 Å². The highest BCUT2D eigenvalue weighted by atomic mass is 79.9. The zero-order valence-corrected chi connectivity index (χ0v) is 10.6. The molecule has 1 fully saturated rings. The summed E-state index contributed by atoms with van der Waals surface area (Å²) in [6.45, 7) is 7.73. The Balaban J connectivity index is 2.10. The van der Waals surface area contributed by atoms with E-state index in [4.69, 9.17) is 4.74 Å². The third kappa shape index (κ3) is 2.69. The second kappa shape index (κ2) is 4.79. The predicted molar refractivity (Wildman–Crippen MR) is 60.4 cm³/mol. The molecule has 0 aromatic rings. The van der Waals surface area contributed by atoms with E-state index in [0.717, 1.165) is 6.61 Å². The largest absolute Gasteiger partial charge is 0.378 e. The molecule has 0 amide bonds. The fourth-order valence-corrected chi connectivity index (χ4v) is 2.33. The lowest BCUT2D eigenvalue weighted by Gasteiger charge is -2.48. The molecule has 2 unspecified atom stereocenters. The summed E-state index contributed by atoms with van der Waals surface area (Å²) < 4.78 is 5.84. The second-order valence-electron chi connectivity index (χ2n) is 4.59. The highest BCUT2D eigenvalue weighted by Crippen LogP contribution is 2.47. The first-order chi connectivity index (χ1) is 6.09. The second-order valence-corrected chi connectivity index (χ2v) is 5.70. The first-order valence-electron chi connectivity index (χ1n) is 5.34. The van der Waals surface area contributed by atoms with Crippen LogP contribution < -0.4 is 0 Å². The lowest BCUT2D eigenvalue weighted by atomic mass is 9.69.